The van der Waals surface area contributed by atoms with E-state index >= 15 is 0 Å². The van der Waals surface area contributed by atoms with Crippen molar-refractivity contribution in [3.05, 3.63) is 30.0 Å². The third-order valence-electron chi connectivity index (χ3n) is 7.68. The van der Waals surface area contributed by atoms with E-state index in [2.05, 4.69) is 47.2 Å². The van der Waals surface area contributed by atoms with Gasteiger partial charge in [-0.05, 0) is 61.8 Å². The van der Waals surface area contributed by atoms with Crippen molar-refractivity contribution in [3.8, 4) is 5.97 Å². The number of aryl methyl sites for hydroxylation is 1. The van der Waals surface area contributed by atoms with Crippen molar-refractivity contribution in [2.24, 2.45) is 5.41 Å². The summed E-state index contributed by atoms with van der Waals surface area (Å²) < 4.78 is 7.20. The summed E-state index contributed by atoms with van der Waals surface area (Å²) in [5.74, 6) is 2.28. The summed E-state index contributed by atoms with van der Waals surface area (Å²) in [4.78, 5) is 11.3. The first-order chi connectivity index (χ1) is 14.5. The normalized spacial score (nSPS) is 19.0. The van der Waals surface area contributed by atoms with Gasteiger partial charge in [-0.25, -0.2) is 5.26 Å². The number of hydrogen-bond donors (Lipinski definition) is 1. The first-order valence-electron chi connectivity index (χ1n) is 11.4. The average Bonchev–Trinajstić information content (AvgIpc) is 3.21. The highest BCUT2D eigenvalue weighted by molar-refractivity contribution is 6.67. The number of hydrogen-bond acceptors (Lipinski definition) is 4. The standard InChI is InChI=1S/C24H32BN3O2/c1-18-20-8-16-28(22(20)4-3-21(18)27-15-7-23(29)30-2)19-5-9-24(10-6-19)11-13-25(17-26)14-12-24/h3-4,8,16,19,27H,5-7,9-15H2,1-2H3. The Hall–Kier alpha value is -2.42. The lowest BCUT2D eigenvalue weighted by atomic mass is 9.38. The minimum absolute atomic E-state index is 0.191. The molecule has 1 spiro atoms. The predicted octanol–water partition coefficient (Wildman–Crippen LogP) is 5.38. The molecule has 0 bridgehead atoms. The summed E-state index contributed by atoms with van der Waals surface area (Å²) in [7, 11) is 1.42. The maximum Gasteiger partial charge on any atom is 0.307 e. The molecule has 2 heterocycles. The third kappa shape index (κ3) is 4.08. The van der Waals surface area contributed by atoms with Gasteiger partial charge in [0.1, 0.15) is 0 Å². The molecule has 1 aliphatic heterocycles. The van der Waals surface area contributed by atoms with E-state index in [1.807, 2.05) is 0 Å². The fourth-order valence-corrected chi connectivity index (χ4v) is 5.65. The van der Waals surface area contributed by atoms with E-state index in [4.69, 9.17) is 4.74 Å². The number of carbonyl (C=O) groups is 1. The number of benzene rings is 1. The van der Waals surface area contributed by atoms with E-state index in [0.29, 0.717) is 31.1 Å². The van der Waals surface area contributed by atoms with Gasteiger partial charge in [-0.1, -0.05) is 25.5 Å². The molecule has 0 atom stereocenters. The lowest BCUT2D eigenvalue weighted by molar-refractivity contribution is -0.140. The molecule has 2 aliphatic rings. The molecule has 1 aromatic heterocycles. The van der Waals surface area contributed by atoms with E-state index in [1.165, 1.54) is 62.1 Å². The summed E-state index contributed by atoms with van der Waals surface area (Å²) in [5, 5.41) is 13.9. The van der Waals surface area contributed by atoms with E-state index in [-0.39, 0.29) is 5.97 Å². The van der Waals surface area contributed by atoms with Crippen LogP contribution in [0.2, 0.25) is 12.6 Å². The number of ether oxygens (including phenoxy) is 1. The fraction of sp³-hybridized carbons (Fsp3) is 0.583. The topological polar surface area (TPSA) is 67.0 Å². The lowest BCUT2D eigenvalue weighted by Gasteiger charge is -2.44. The smallest absolute Gasteiger partial charge is 0.307 e. The maximum atomic E-state index is 11.3. The first-order valence-corrected chi connectivity index (χ1v) is 11.4. The van der Waals surface area contributed by atoms with E-state index < -0.39 is 0 Å². The van der Waals surface area contributed by atoms with Gasteiger partial charge >= 0.3 is 5.97 Å². The molecule has 0 unspecified atom stereocenters. The fourth-order valence-electron chi connectivity index (χ4n) is 5.65. The zero-order valence-corrected chi connectivity index (χ0v) is 18.2. The van der Waals surface area contributed by atoms with Crippen molar-refractivity contribution in [3.63, 3.8) is 0 Å². The van der Waals surface area contributed by atoms with Crippen molar-refractivity contribution in [1.29, 1.82) is 5.26 Å². The molecule has 6 heteroatoms. The molecule has 1 N–H and O–H groups in total. The molecule has 2 fully saturated rings. The van der Waals surface area contributed by atoms with Crippen molar-refractivity contribution in [1.82, 2.24) is 4.57 Å². The number of esters is 1. The molecule has 0 radical (unpaired) electrons. The summed E-state index contributed by atoms with van der Waals surface area (Å²) in [5.41, 5.74) is 4.12. The molecule has 158 valence electrons. The van der Waals surface area contributed by atoms with Crippen LogP contribution >= 0.6 is 0 Å². The van der Waals surface area contributed by atoms with Gasteiger partial charge in [0.05, 0.1) is 13.5 Å². The molecule has 30 heavy (non-hydrogen) atoms. The van der Waals surface area contributed by atoms with Gasteiger partial charge < -0.3 is 14.6 Å². The van der Waals surface area contributed by atoms with Crippen LogP contribution in [0, 0.1) is 23.6 Å². The number of aromatic nitrogens is 1. The van der Waals surface area contributed by atoms with Gasteiger partial charge in [0, 0.05) is 41.3 Å². The Morgan fingerprint density at radius 3 is 2.67 bits per heavy atom. The van der Waals surface area contributed by atoms with Crippen LogP contribution in [0.3, 0.4) is 0 Å². The zero-order valence-electron chi connectivity index (χ0n) is 18.2. The SMILES string of the molecule is COC(=O)CCNc1ccc2c(ccn2C2CCC3(CCB(C#N)CC3)CC2)c1C. The van der Waals surface area contributed by atoms with Crippen LogP contribution in [0.5, 0.6) is 0 Å². The van der Waals surface area contributed by atoms with Gasteiger partial charge in [-0.2, -0.15) is 0 Å². The highest BCUT2D eigenvalue weighted by Crippen LogP contribution is 2.50. The van der Waals surface area contributed by atoms with Gasteiger partial charge in [-0.3, -0.25) is 4.79 Å². The molecule has 4 rings (SSSR count). The highest BCUT2D eigenvalue weighted by Gasteiger charge is 2.40. The Balaban J connectivity index is 1.43. The molecular formula is C24H32BN3O2. The molecule has 2 aromatic rings. The molecule has 1 saturated carbocycles. The number of anilines is 1. The van der Waals surface area contributed by atoms with E-state index in [1.54, 1.807) is 0 Å². The minimum Gasteiger partial charge on any atom is -0.469 e. The molecule has 1 aromatic carbocycles. The van der Waals surface area contributed by atoms with Crippen molar-refractivity contribution in [2.45, 2.75) is 70.6 Å². The number of methoxy groups -OCH3 is 1. The number of fused-ring (bicyclic) bond motifs is 1. The lowest BCUT2D eigenvalue weighted by Crippen LogP contribution is -2.34. The quantitative estimate of drug-likeness (QED) is 0.536. The number of nitrogens with one attached hydrogen (secondary N) is 1. The van der Waals surface area contributed by atoms with Crippen LogP contribution in [-0.2, 0) is 9.53 Å². The molecule has 1 aliphatic carbocycles. The number of rotatable bonds is 5. The van der Waals surface area contributed by atoms with Crippen LogP contribution in [-0.4, -0.2) is 30.9 Å². The minimum atomic E-state index is -0.191. The summed E-state index contributed by atoms with van der Waals surface area (Å²) in [6.45, 7) is 3.02. The Morgan fingerprint density at radius 1 is 1.27 bits per heavy atom. The van der Waals surface area contributed by atoms with Crippen LogP contribution in [0.15, 0.2) is 24.4 Å². The largest absolute Gasteiger partial charge is 0.469 e. The molecular weight excluding hydrogens is 373 g/mol. The highest BCUT2D eigenvalue weighted by atomic mass is 16.5. The summed E-state index contributed by atoms with van der Waals surface area (Å²) in [6, 6.07) is 7.16. The van der Waals surface area contributed by atoms with Gasteiger partial charge in [0.2, 0.25) is 0 Å². The molecule has 0 amide bonds. The Bertz CT molecular complexity index is 943. The Kier molecular flexibility index (Phi) is 6.08. The first kappa shape index (κ1) is 20.8. The van der Waals surface area contributed by atoms with Crippen molar-refractivity contribution >= 4 is 29.3 Å². The molecule has 5 nitrogen and oxygen atoms in total. The zero-order chi connectivity index (χ0) is 21.1. The van der Waals surface area contributed by atoms with E-state index in [9.17, 15) is 10.1 Å². The van der Waals surface area contributed by atoms with Crippen LogP contribution in [0.4, 0.5) is 5.69 Å². The maximum absolute atomic E-state index is 11.3. The van der Waals surface area contributed by atoms with Crippen molar-refractivity contribution in [2.75, 3.05) is 19.0 Å². The van der Waals surface area contributed by atoms with Crippen LogP contribution in [0.25, 0.3) is 10.9 Å². The van der Waals surface area contributed by atoms with Crippen LogP contribution in [0.1, 0.15) is 56.6 Å². The number of nitriles is 1. The summed E-state index contributed by atoms with van der Waals surface area (Å²) in [6.07, 6.45) is 12.4. The second-order valence-electron chi connectivity index (χ2n) is 9.28. The predicted molar refractivity (Wildman–Crippen MR) is 122 cm³/mol. The second-order valence-corrected chi connectivity index (χ2v) is 9.28. The van der Waals surface area contributed by atoms with Gasteiger partial charge in [0.25, 0.3) is 6.71 Å². The van der Waals surface area contributed by atoms with Crippen molar-refractivity contribution < 1.29 is 9.53 Å². The van der Waals surface area contributed by atoms with Crippen LogP contribution < -0.4 is 5.32 Å². The van der Waals surface area contributed by atoms with E-state index in [0.717, 1.165) is 18.3 Å². The Morgan fingerprint density at radius 2 is 2.00 bits per heavy atom. The van der Waals surface area contributed by atoms with Gasteiger partial charge in [0.15, 0.2) is 0 Å². The third-order valence-corrected chi connectivity index (χ3v) is 7.68. The summed E-state index contributed by atoms with van der Waals surface area (Å²) >= 11 is 0. The monoisotopic (exact) mass is 405 g/mol. The number of nitrogens with zero attached hydrogens (tertiary/aromatic N) is 2. The van der Waals surface area contributed by atoms with Gasteiger partial charge in [-0.15, -0.1) is 0 Å². The Labute approximate surface area is 179 Å². The average molecular weight is 405 g/mol. The molecule has 1 saturated heterocycles. The number of carbonyl (C=O) groups excluding carboxylic acids is 1. The second kappa shape index (κ2) is 8.75.